The zero-order chi connectivity index (χ0) is 16.4. The zero-order valence-electron chi connectivity index (χ0n) is 12.9. The highest BCUT2D eigenvalue weighted by molar-refractivity contribution is 7.84. The molecule has 0 aromatic rings. The van der Waals surface area contributed by atoms with Gasteiger partial charge in [-0.2, -0.15) is 8.42 Å². The molecule has 0 saturated carbocycles. The van der Waals surface area contributed by atoms with Crippen molar-refractivity contribution >= 4 is 10.3 Å². The Labute approximate surface area is 129 Å². The average Bonchev–Trinajstić information content (AvgIpc) is 2.71. The fourth-order valence-corrected chi connectivity index (χ4v) is 3.39. The first kappa shape index (κ1) is 16.5. The van der Waals surface area contributed by atoms with E-state index in [1.54, 1.807) is 27.7 Å². The molecular formula is C12H21NO8S. The molecule has 3 fully saturated rings. The lowest BCUT2D eigenvalue weighted by atomic mass is 10.00. The second-order valence-corrected chi connectivity index (χ2v) is 7.79. The van der Waals surface area contributed by atoms with E-state index in [0.717, 1.165) is 0 Å². The molecule has 10 heteroatoms. The van der Waals surface area contributed by atoms with Crippen LogP contribution < -0.4 is 5.14 Å². The second-order valence-electron chi connectivity index (χ2n) is 6.57. The molecule has 0 bridgehead atoms. The summed E-state index contributed by atoms with van der Waals surface area (Å²) in [5, 5.41) is 4.89. The largest absolute Gasteiger partial charge is 0.342 e. The number of hydrogen-bond acceptors (Lipinski definition) is 8. The number of hydrogen-bond donors (Lipinski definition) is 1. The summed E-state index contributed by atoms with van der Waals surface area (Å²) in [5.74, 6) is -3.17. The van der Waals surface area contributed by atoms with E-state index in [0.29, 0.717) is 6.42 Å². The molecule has 22 heavy (non-hydrogen) atoms. The fraction of sp³-hybridized carbons (Fsp3) is 1.00. The molecule has 4 atom stereocenters. The van der Waals surface area contributed by atoms with Crippen LogP contribution in [0.25, 0.3) is 0 Å². The van der Waals surface area contributed by atoms with Crippen molar-refractivity contribution in [3.05, 3.63) is 0 Å². The minimum atomic E-state index is -4.14. The first-order valence-corrected chi connectivity index (χ1v) is 8.46. The van der Waals surface area contributed by atoms with Crippen LogP contribution in [0.2, 0.25) is 0 Å². The monoisotopic (exact) mass is 339 g/mol. The van der Waals surface area contributed by atoms with E-state index in [9.17, 15) is 8.42 Å². The number of ether oxygens (including phenoxy) is 5. The summed E-state index contributed by atoms with van der Waals surface area (Å²) in [5.41, 5.74) is 0. The normalized spacial score (nSPS) is 42.9. The molecule has 4 unspecified atom stereocenters. The Bertz CT molecular complexity index is 561. The first-order chi connectivity index (χ1) is 9.90. The summed E-state index contributed by atoms with van der Waals surface area (Å²) in [6.45, 7) is 6.52. The molecule has 0 aromatic heterocycles. The highest BCUT2D eigenvalue weighted by atomic mass is 32.2. The van der Waals surface area contributed by atoms with E-state index in [2.05, 4.69) is 0 Å². The third kappa shape index (κ3) is 3.15. The molecule has 9 nitrogen and oxygen atoms in total. The topological polar surface area (TPSA) is 116 Å². The Balaban J connectivity index is 1.84. The van der Waals surface area contributed by atoms with Crippen LogP contribution in [0.1, 0.15) is 34.1 Å². The SMILES string of the molecule is CC1(C)OC2CC3OC(C)(C)OC3(COS(N)(=O)=O)OC2O1. The molecule has 0 radical (unpaired) electrons. The molecule has 2 N–H and O–H groups in total. The number of rotatable bonds is 3. The summed E-state index contributed by atoms with van der Waals surface area (Å²) >= 11 is 0. The fourth-order valence-electron chi connectivity index (χ4n) is 3.06. The molecule has 3 saturated heterocycles. The van der Waals surface area contributed by atoms with E-state index < -0.39 is 46.7 Å². The van der Waals surface area contributed by atoms with Crippen LogP contribution in [0.15, 0.2) is 0 Å². The van der Waals surface area contributed by atoms with E-state index >= 15 is 0 Å². The van der Waals surface area contributed by atoms with Gasteiger partial charge >= 0.3 is 10.3 Å². The van der Waals surface area contributed by atoms with Gasteiger partial charge in [-0.3, -0.25) is 4.18 Å². The predicted molar refractivity (Wildman–Crippen MR) is 71.4 cm³/mol. The summed E-state index contributed by atoms with van der Waals surface area (Å²) in [4.78, 5) is 0. The van der Waals surface area contributed by atoms with Crippen molar-refractivity contribution in [2.24, 2.45) is 5.14 Å². The summed E-state index contributed by atoms with van der Waals surface area (Å²) < 4.78 is 55.7. The summed E-state index contributed by atoms with van der Waals surface area (Å²) in [6.07, 6.45) is -1.18. The molecule has 0 spiro atoms. The van der Waals surface area contributed by atoms with Gasteiger partial charge in [-0.15, -0.1) is 0 Å². The van der Waals surface area contributed by atoms with Crippen molar-refractivity contribution in [1.82, 2.24) is 0 Å². The standard InChI is InChI=1S/C12H21NO8S/c1-10(2)17-7-5-8-12(20-9(7)19-10,6-16-22(13,14)15)21-11(3,4)18-8/h7-9H,5-6H2,1-4H3,(H2,13,14,15). The Morgan fingerprint density at radius 1 is 1.09 bits per heavy atom. The molecule has 3 aliphatic heterocycles. The van der Waals surface area contributed by atoms with Gasteiger partial charge in [0.25, 0.3) is 0 Å². The smallest absolute Gasteiger partial charge is 0.333 e. The van der Waals surface area contributed by atoms with E-state index in [-0.39, 0.29) is 6.10 Å². The van der Waals surface area contributed by atoms with Gasteiger partial charge in [0.15, 0.2) is 17.9 Å². The first-order valence-electron chi connectivity index (χ1n) is 6.98. The summed E-state index contributed by atoms with van der Waals surface area (Å²) in [6, 6.07) is 0. The van der Waals surface area contributed by atoms with E-state index in [1.165, 1.54) is 0 Å². The lowest BCUT2D eigenvalue weighted by Gasteiger charge is -2.39. The molecule has 128 valence electrons. The highest BCUT2D eigenvalue weighted by Gasteiger charge is 2.63. The minimum Gasteiger partial charge on any atom is -0.342 e. The van der Waals surface area contributed by atoms with Crippen molar-refractivity contribution in [3.63, 3.8) is 0 Å². The van der Waals surface area contributed by atoms with Crippen LogP contribution >= 0.6 is 0 Å². The van der Waals surface area contributed by atoms with Gasteiger partial charge in [-0.25, -0.2) is 5.14 Å². The van der Waals surface area contributed by atoms with Crippen LogP contribution in [0.3, 0.4) is 0 Å². The van der Waals surface area contributed by atoms with Crippen LogP contribution in [-0.2, 0) is 38.2 Å². The van der Waals surface area contributed by atoms with Gasteiger partial charge in [0, 0.05) is 6.42 Å². The van der Waals surface area contributed by atoms with Gasteiger partial charge in [-0.1, -0.05) is 0 Å². The van der Waals surface area contributed by atoms with Gasteiger partial charge < -0.3 is 23.7 Å². The quantitative estimate of drug-likeness (QED) is 0.761. The minimum absolute atomic E-state index is 0.333. The van der Waals surface area contributed by atoms with Crippen LogP contribution in [-0.4, -0.2) is 50.9 Å². The molecule has 0 aromatic carbocycles. The second kappa shape index (κ2) is 4.84. The maximum atomic E-state index is 11.1. The molecule has 3 aliphatic rings. The van der Waals surface area contributed by atoms with Crippen molar-refractivity contribution in [2.75, 3.05) is 6.61 Å². The summed E-state index contributed by atoms with van der Waals surface area (Å²) in [7, 11) is -4.14. The van der Waals surface area contributed by atoms with Crippen molar-refractivity contribution in [1.29, 1.82) is 0 Å². The lowest BCUT2D eigenvalue weighted by molar-refractivity contribution is -0.339. The van der Waals surface area contributed by atoms with Crippen molar-refractivity contribution < 1.29 is 36.3 Å². The average molecular weight is 339 g/mol. The Hall–Kier alpha value is -0.330. The highest BCUT2D eigenvalue weighted by Crippen LogP contribution is 2.48. The molecule has 3 heterocycles. The Morgan fingerprint density at radius 3 is 2.41 bits per heavy atom. The number of fused-ring (bicyclic) bond motifs is 2. The Kier molecular flexibility index (Phi) is 3.63. The molecular weight excluding hydrogens is 318 g/mol. The predicted octanol–water partition coefficient (Wildman–Crippen LogP) is -0.0478. The van der Waals surface area contributed by atoms with Crippen LogP contribution in [0.5, 0.6) is 0 Å². The third-order valence-electron chi connectivity index (χ3n) is 3.66. The zero-order valence-corrected chi connectivity index (χ0v) is 13.7. The third-order valence-corrected chi connectivity index (χ3v) is 4.11. The van der Waals surface area contributed by atoms with Crippen LogP contribution in [0.4, 0.5) is 0 Å². The number of nitrogens with two attached hydrogens (primary N) is 1. The Morgan fingerprint density at radius 2 is 1.77 bits per heavy atom. The van der Waals surface area contributed by atoms with Crippen molar-refractivity contribution in [2.45, 2.75) is 70.0 Å². The van der Waals surface area contributed by atoms with E-state index in [4.69, 9.17) is 33.0 Å². The van der Waals surface area contributed by atoms with Crippen molar-refractivity contribution in [3.8, 4) is 0 Å². The maximum Gasteiger partial charge on any atom is 0.333 e. The van der Waals surface area contributed by atoms with Gasteiger partial charge in [0.2, 0.25) is 5.79 Å². The van der Waals surface area contributed by atoms with Gasteiger partial charge in [-0.05, 0) is 27.7 Å². The van der Waals surface area contributed by atoms with Gasteiger partial charge in [0.1, 0.15) is 18.8 Å². The van der Waals surface area contributed by atoms with Gasteiger partial charge in [0.05, 0.1) is 0 Å². The maximum absolute atomic E-state index is 11.1. The molecule has 0 aliphatic carbocycles. The molecule has 3 rings (SSSR count). The van der Waals surface area contributed by atoms with Crippen LogP contribution in [0, 0.1) is 0 Å². The van der Waals surface area contributed by atoms with E-state index in [1.807, 2.05) is 0 Å². The molecule has 0 amide bonds. The lowest BCUT2D eigenvalue weighted by Crippen LogP contribution is -2.57.